The van der Waals surface area contributed by atoms with Gasteiger partial charge in [0.15, 0.2) is 0 Å². The van der Waals surface area contributed by atoms with E-state index >= 15 is 0 Å². The minimum atomic E-state index is -0.0415. The van der Waals surface area contributed by atoms with Crippen LogP contribution in [0, 0.1) is 0 Å². The fourth-order valence-electron chi connectivity index (χ4n) is 1.84. The van der Waals surface area contributed by atoms with Crippen LogP contribution in [0.4, 0.5) is 5.69 Å². The smallest absolute Gasteiger partial charge is 0.238 e. The van der Waals surface area contributed by atoms with Gasteiger partial charge in [0.25, 0.3) is 0 Å². The van der Waals surface area contributed by atoms with Crippen LogP contribution in [-0.2, 0) is 4.79 Å². The molecular weight excluding hydrogens is 316 g/mol. The quantitative estimate of drug-likeness (QED) is 0.875. The van der Waals surface area contributed by atoms with Gasteiger partial charge in [-0.05, 0) is 36.8 Å². The second-order valence-electron chi connectivity index (χ2n) is 4.57. The average molecular weight is 333 g/mol. The van der Waals surface area contributed by atoms with Crippen molar-refractivity contribution >= 4 is 27.5 Å². The van der Waals surface area contributed by atoms with Crippen LogP contribution in [0.3, 0.4) is 0 Å². The number of anilines is 1. The Hall–Kier alpha value is -1.65. The fraction of sp³-hybridized carbons (Fsp3) is 0.188. The molecule has 2 aromatic carbocycles. The van der Waals surface area contributed by atoms with E-state index in [1.54, 1.807) is 0 Å². The van der Waals surface area contributed by atoms with Gasteiger partial charge in [-0.1, -0.05) is 46.3 Å². The van der Waals surface area contributed by atoms with Gasteiger partial charge in [-0.15, -0.1) is 0 Å². The summed E-state index contributed by atoms with van der Waals surface area (Å²) in [5, 5.41) is 6.06. The van der Waals surface area contributed by atoms with E-state index < -0.39 is 0 Å². The third-order valence-electron chi connectivity index (χ3n) is 3.00. The number of benzene rings is 2. The van der Waals surface area contributed by atoms with E-state index in [1.165, 1.54) is 0 Å². The Morgan fingerprint density at radius 1 is 1.10 bits per heavy atom. The zero-order chi connectivity index (χ0) is 14.4. The summed E-state index contributed by atoms with van der Waals surface area (Å²) >= 11 is 3.41. The van der Waals surface area contributed by atoms with Gasteiger partial charge in [0, 0.05) is 16.2 Å². The molecule has 0 aliphatic heterocycles. The highest BCUT2D eigenvalue weighted by atomic mass is 79.9. The molecule has 2 aromatic rings. The molecule has 0 aliphatic carbocycles. The average Bonchev–Trinajstić information content (AvgIpc) is 2.46. The molecule has 4 heteroatoms. The number of para-hydroxylation sites is 1. The number of nitrogens with one attached hydrogen (secondary N) is 2. The van der Waals surface area contributed by atoms with Crippen molar-refractivity contribution < 1.29 is 4.79 Å². The first kappa shape index (κ1) is 14.8. The summed E-state index contributed by atoms with van der Waals surface area (Å²) < 4.78 is 1.05. The number of hydrogen-bond donors (Lipinski definition) is 2. The van der Waals surface area contributed by atoms with Crippen LogP contribution in [0.25, 0.3) is 0 Å². The predicted molar refractivity (Wildman–Crippen MR) is 85.6 cm³/mol. The standard InChI is InChI=1S/C16H17BrN2O/c1-12(13-7-9-14(17)10-8-13)18-11-16(20)19-15-5-3-2-4-6-15/h2-10,12,18H,11H2,1H3,(H,19,20). The molecular formula is C16H17BrN2O. The Kier molecular flexibility index (Phi) is 5.32. The molecule has 0 bridgehead atoms. The predicted octanol–water partition coefficient (Wildman–Crippen LogP) is 3.74. The molecule has 1 amide bonds. The molecule has 0 aromatic heterocycles. The Morgan fingerprint density at radius 3 is 2.40 bits per heavy atom. The van der Waals surface area contributed by atoms with Crippen molar-refractivity contribution in [3.05, 3.63) is 64.6 Å². The SMILES string of the molecule is CC(NCC(=O)Nc1ccccc1)c1ccc(Br)cc1. The molecule has 104 valence electrons. The van der Waals surface area contributed by atoms with E-state index in [0.717, 1.165) is 15.7 Å². The first-order valence-corrected chi connectivity index (χ1v) is 7.28. The Morgan fingerprint density at radius 2 is 1.75 bits per heavy atom. The van der Waals surface area contributed by atoms with Gasteiger partial charge in [0.1, 0.15) is 0 Å². The summed E-state index contributed by atoms with van der Waals surface area (Å²) in [5.41, 5.74) is 1.97. The highest BCUT2D eigenvalue weighted by Crippen LogP contribution is 2.16. The number of halogens is 1. The largest absolute Gasteiger partial charge is 0.325 e. The van der Waals surface area contributed by atoms with E-state index in [2.05, 4.69) is 26.6 Å². The molecule has 3 nitrogen and oxygen atoms in total. The first-order chi connectivity index (χ1) is 9.65. The molecule has 2 rings (SSSR count). The molecule has 0 spiro atoms. The van der Waals surface area contributed by atoms with Gasteiger partial charge in [0.05, 0.1) is 6.54 Å². The summed E-state index contributed by atoms with van der Waals surface area (Å²) in [5.74, 6) is -0.0415. The fourth-order valence-corrected chi connectivity index (χ4v) is 2.11. The summed E-state index contributed by atoms with van der Waals surface area (Å²) in [6, 6.07) is 17.7. The van der Waals surface area contributed by atoms with E-state index in [0.29, 0.717) is 0 Å². The third kappa shape index (κ3) is 4.47. The summed E-state index contributed by atoms with van der Waals surface area (Å²) in [7, 11) is 0. The molecule has 0 saturated heterocycles. The lowest BCUT2D eigenvalue weighted by Crippen LogP contribution is -2.30. The number of carbonyl (C=O) groups is 1. The molecule has 0 fully saturated rings. The van der Waals surface area contributed by atoms with Crippen molar-refractivity contribution in [1.82, 2.24) is 5.32 Å². The van der Waals surface area contributed by atoms with E-state index in [1.807, 2.05) is 61.5 Å². The highest BCUT2D eigenvalue weighted by Gasteiger charge is 2.07. The van der Waals surface area contributed by atoms with Gasteiger partial charge < -0.3 is 10.6 Å². The lowest BCUT2D eigenvalue weighted by Gasteiger charge is -2.14. The van der Waals surface area contributed by atoms with Crippen LogP contribution in [0.5, 0.6) is 0 Å². The van der Waals surface area contributed by atoms with Crippen molar-refractivity contribution in [2.75, 3.05) is 11.9 Å². The van der Waals surface area contributed by atoms with Crippen LogP contribution in [0.1, 0.15) is 18.5 Å². The normalized spacial score (nSPS) is 11.9. The monoisotopic (exact) mass is 332 g/mol. The van der Waals surface area contributed by atoms with Gasteiger partial charge in [-0.25, -0.2) is 0 Å². The van der Waals surface area contributed by atoms with Crippen molar-refractivity contribution in [1.29, 1.82) is 0 Å². The van der Waals surface area contributed by atoms with Crippen molar-refractivity contribution in [3.8, 4) is 0 Å². The number of amides is 1. The first-order valence-electron chi connectivity index (χ1n) is 6.49. The van der Waals surface area contributed by atoms with E-state index in [9.17, 15) is 4.79 Å². The zero-order valence-electron chi connectivity index (χ0n) is 11.3. The van der Waals surface area contributed by atoms with E-state index in [4.69, 9.17) is 0 Å². The Bertz CT molecular complexity index is 554. The minimum Gasteiger partial charge on any atom is -0.325 e. The van der Waals surface area contributed by atoms with Crippen molar-refractivity contribution in [3.63, 3.8) is 0 Å². The molecule has 0 saturated carbocycles. The second kappa shape index (κ2) is 7.22. The molecule has 2 N–H and O–H groups in total. The molecule has 1 atom stereocenters. The number of hydrogen-bond acceptors (Lipinski definition) is 2. The maximum absolute atomic E-state index is 11.8. The maximum atomic E-state index is 11.8. The third-order valence-corrected chi connectivity index (χ3v) is 3.53. The van der Waals surface area contributed by atoms with Crippen LogP contribution in [-0.4, -0.2) is 12.5 Å². The summed E-state index contributed by atoms with van der Waals surface area (Å²) in [6.07, 6.45) is 0. The van der Waals surface area contributed by atoms with Gasteiger partial charge >= 0.3 is 0 Å². The molecule has 20 heavy (non-hydrogen) atoms. The zero-order valence-corrected chi connectivity index (χ0v) is 12.9. The molecule has 0 heterocycles. The minimum absolute atomic E-state index is 0.0415. The van der Waals surface area contributed by atoms with Gasteiger partial charge in [0.2, 0.25) is 5.91 Å². The van der Waals surface area contributed by atoms with Crippen molar-refractivity contribution in [2.24, 2.45) is 0 Å². The van der Waals surface area contributed by atoms with Crippen LogP contribution >= 0.6 is 15.9 Å². The Labute approximate surface area is 127 Å². The second-order valence-corrected chi connectivity index (χ2v) is 5.48. The molecule has 0 aliphatic rings. The maximum Gasteiger partial charge on any atom is 0.238 e. The Balaban J connectivity index is 1.82. The van der Waals surface area contributed by atoms with Crippen molar-refractivity contribution in [2.45, 2.75) is 13.0 Å². The van der Waals surface area contributed by atoms with Gasteiger partial charge in [-0.2, -0.15) is 0 Å². The summed E-state index contributed by atoms with van der Waals surface area (Å²) in [4.78, 5) is 11.8. The van der Waals surface area contributed by atoms with Gasteiger partial charge in [-0.3, -0.25) is 4.79 Å². The number of rotatable bonds is 5. The van der Waals surface area contributed by atoms with Crippen LogP contribution in [0.15, 0.2) is 59.1 Å². The number of carbonyl (C=O) groups excluding carboxylic acids is 1. The highest BCUT2D eigenvalue weighted by molar-refractivity contribution is 9.10. The van der Waals surface area contributed by atoms with E-state index in [-0.39, 0.29) is 18.5 Å². The topological polar surface area (TPSA) is 41.1 Å². The molecule has 1 unspecified atom stereocenters. The lowest BCUT2D eigenvalue weighted by atomic mass is 10.1. The summed E-state index contributed by atoms with van der Waals surface area (Å²) in [6.45, 7) is 2.32. The lowest BCUT2D eigenvalue weighted by molar-refractivity contribution is -0.115. The molecule has 0 radical (unpaired) electrons. The van der Waals surface area contributed by atoms with Crippen LogP contribution < -0.4 is 10.6 Å². The van der Waals surface area contributed by atoms with Crippen LogP contribution in [0.2, 0.25) is 0 Å².